The second-order valence-corrected chi connectivity index (χ2v) is 5.63. The van der Waals surface area contributed by atoms with E-state index in [1.165, 1.54) is 37.4 Å². The highest BCUT2D eigenvalue weighted by molar-refractivity contribution is 6.01. The number of para-hydroxylation sites is 1. The second-order valence-electron chi connectivity index (χ2n) is 5.63. The summed E-state index contributed by atoms with van der Waals surface area (Å²) in [5, 5.41) is 4.90. The third-order valence-corrected chi connectivity index (χ3v) is 3.69. The molecule has 0 heterocycles. The van der Waals surface area contributed by atoms with Crippen LogP contribution in [0.3, 0.4) is 0 Å². The van der Waals surface area contributed by atoms with E-state index < -0.39 is 30.9 Å². The number of halogens is 2. The molecule has 7 nitrogen and oxygen atoms in total. The summed E-state index contributed by atoms with van der Waals surface area (Å²) >= 11 is 0. The Morgan fingerprint density at radius 2 is 1.82 bits per heavy atom. The molecular formula is C19H18F2N2O5. The number of anilines is 1. The lowest BCUT2D eigenvalue weighted by atomic mass is 10.1. The molecule has 0 fully saturated rings. The Labute approximate surface area is 159 Å². The molecule has 2 aromatic carbocycles. The Kier molecular flexibility index (Phi) is 7.02. The van der Waals surface area contributed by atoms with Crippen molar-refractivity contribution in [1.29, 1.82) is 0 Å². The zero-order valence-corrected chi connectivity index (χ0v) is 15.1. The number of hydrogen-bond acceptors (Lipinski definition) is 5. The summed E-state index contributed by atoms with van der Waals surface area (Å²) in [5.74, 6) is -2.16. The molecule has 148 valence electrons. The van der Waals surface area contributed by atoms with Gasteiger partial charge in [0.15, 0.2) is 0 Å². The van der Waals surface area contributed by atoms with Crippen LogP contribution < -0.4 is 15.4 Å². The molecule has 0 saturated carbocycles. The van der Waals surface area contributed by atoms with Crippen LogP contribution in [0.2, 0.25) is 0 Å². The van der Waals surface area contributed by atoms with E-state index in [0.717, 1.165) is 0 Å². The van der Waals surface area contributed by atoms with E-state index in [-0.39, 0.29) is 16.9 Å². The van der Waals surface area contributed by atoms with Gasteiger partial charge in [-0.25, -0.2) is 4.79 Å². The maximum Gasteiger partial charge on any atom is 0.387 e. The smallest absolute Gasteiger partial charge is 0.387 e. The molecule has 0 radical (unpaired) electrons. The van der Waals surface area contributed by atoms with E-state index in [9.17, 15) is 23.2 Å². The fourth-order valence-corrected chi connectivity index (χ4v) is 2.30. The zero-order chi connectivity index (χ0) is 20.7. The first-order valence-electron chi connectivity index (χ1n) is 8.12. The number of carbonyl (C=O) groups excluding carboxylic acids is 3. The van der Waals surface area contributed by atoms with Crippen molar-refractivity contribution in [3.05, 3.63) is 59.2 Å². The van der Waals surface area contributed by atoms with Crippen LogP contribution in [0.1, 0.15) is 26.3 Å². The summed E-state index contributed by atoms with van der Waals surface area (Å²) < 4.78 is 33.8. The van der Waals surface area contributed by atoms with Crippen LogP contribution in [0.25, 0.3) is 0 Å². The molecule has 0 bridgehead atoms. The Balaban J connectivity index is 2.02. The molecule has 2 N–H and O–H groups in total. The number of ether oxygens (including phenoxy) is 2. The van der Waals surface area contributed by atoms with Gasteiger partial charge in [-0.2, -0.15) is 8.78 Å². The van der Waals surface area contributed by atoms with Crippen LogP contribution in [0.4, 0.5) is 14.5 Å². The number of hydrogen-bond donors (Lipinski definition) is 2. The lowest BCUT2D eigenvalue weighted by molar-refractivity contribution is -0.115. The molecule has 2 amide bonds. The molecule has 9 heteroatoms. The highest BCUT2D eigenvalue weighted by Gasteiger charge is 2.16. The van der Waals surface area contributed by atoms with E-state index in [0.29, 0.717) is 11.3 Å². The number of alkyl halides is 2. The van der Waals surface area contributed by atoms with Crippen molar-refractivity contribution in [1.82, 2.24) is 5.32 Å². The monoisotopic (exact) mass is 392 g/mol. The van der Waals surface area contributed by atoms with Crippen LogP contribution >= 0.6 is 0 Å². The molecule has 0 unspecified atom stereocenters. The average molecular weight is 392 g/mol. The van der Waals surface area contributed by atoms with Gasteiger partial charge < -0.3 is 20.1 Å². The van der Waals surface area contributed by atoms with Gasteiger partial charge in [-0.05, 0) is 36.8 Å². The maximum absolute atomic E-state index is 12.4. The summed E-state index contributed by atoms with van der Waals surface area (Å²) in [6.07, 6.45) is 0. The first-order chi connectivity index (χ1) is 13.3. The van der Waals surface area contributed by atoms with Gasteiger partial charge in [-0.3, -0.25) is 9.59 Å². The topological polar surface area (TPSA) is 93.7 Å². The molecule has 0 saturated heterocycles. The minimum Gasteiger partial charge on any atom is -0.465 e. The number of methoxy groups -OCH3 is 1. The minimum absolute atomic E-state index is 0.125. The van der Waals surface area contributed by atoms with Crippen molar-refractivity contribution in [2.24, 2.45) is 0 Å². The van der Waals surface area contributed by atoms with Crippen LogP contribution in [0, 0.1) is 6.92 Å². The molecule has 0 aliphatic rings. The molecule has 2 aromatic rings. The third-order valence-electron chi connectivity index (χ3n) is 3.69. The standard InChI is InChI=1S/C19H18F2N2O5/c1-11-7-8-12(18(26)27-2)9-14(11)23-16(24)10-22-17(25)13-5-3-4-6-15(13)28-19(20)21/h3-9,19H,10H2,1-2H3,(H,22,25)(H,23,24). The minimum atomic E-state index is -3.08. The lowest BCUT2D eigenvalue weighted by Crippen LogP contribution is -2.33. The van der Waals surface area contributed by atoms with Gasteiger partial charge in [0.1, 0.15) is 5.75 Å². The van der Waals surface area contributed by atoms with Crippen molar-refractivity contribution in [2.75, 3.05) is 19.0 Å². The fourth-order valence-electron chi connectivity index (χ4n) is 2.30. The highest BCUT2D eigenvalue weighted by Crippen LogP contribution is 2.20. The summed E-state index contributed by atoms with van der Waals surface area (Å²) in [6.45, 7) is -1.76. The van der Waals surface area contributed by atoms with E-state index >= 15 is 0 Å². The van der Waals surface area contributed by atoms with Gasteiger partial charge in [-0.1, -0.05) is 18.2 Å². The van der Waals surface area contributed by atoms with Gasteiger partial charge in [0.25, 0.3) is 5.91 Å². The number of aryl methyl sites for hydroxylation is 1. The molecule has 2 rings (SSSR count). The number of benzene rings is 2. The lowest BCUT2D eigenvalue weighted by Gasteiger charge is -2.12. The average Bonchev–Trinajstić information content (AvgIpc) is 2.67. The summed E-state index contributed by atoms with van der Waals surface area (Å²) in [5.41, 5.74) is 1.21. The predicted octanol–water partition coefficient (Wildman–Crippen LogP) is 2.75. The molecule has 0 aliphatic heterocycles. The molecule has 0 atom stereocenters. The van der Waals surface area contributed by atoms with E-state index in [1.54, 1.807) is 19.1 Å². The summed E-state index contributed by atoms with van der Waals surface area (Å²) in [4.78, 5) is 35.9. The van der Waals surface area contributed by atoms with Crippen molar-refractivity contribution < 1.29 is 32.6 Å². The van der Waals surface area contributed by atoms with E-state index in [1.807, 2.05) is 0 Å². The predicted molar refractivity (Wildman–Crippen MR) is 96.6 cm³/mol. The molecule has 0 aromatic heterocycles. The Hall–Kier alpha value is -3.49. The van der Waals surface area contributed by atoms with Crippen molar-refractivity contribution in [3.63, 3.8) is 0 Å². The number of esters is 1. The van der Waals surface area contributed by atoms with Crippen molar-refractivity contribution in [3.8, 4) is 5.75 Å². The van der Waals surface area contributed by atoms with Gasteiger partial charge in [0.2, 0.25) is 5.91 Å². The quantitative estimate of drug-likeness (QED) is 0.707. The molecule has 0 spiro atoms. The number of carbonyl (C=O) groups is 3. The number of amides is 2. The van der Waals surface area contributed by atoms with Crippen LogP contribution in [-0.2, 0) is 9.53 Å². The van der Waals surface area contributed by atoms with Gasteiger partial charge in [-0.15, -0.1) is 0 Å². The van der Waals surface area contributed by atoms with Gasteiger partial charge >= 0.3 is 12.6 Å². The normalized spacial score (nSPS) is 10.3. The zero-order valence-electron chi connectivity index (χ0n) is 15.1. The van der Waals surface area contributed by atoms with Crippen LogP contribution in [0.15, 0.2) is 42.5 Å². The maximum atomic E-state index is 12.4. The number of nitrogens with one attached hydrogen (secondary N) is 2. The van der Waals surface area contributed by atoms with Crippen LogP contribution in [0.5, 0.6) is 5.75 Å². The summed E-state index contributed by atoms with van der Waals surface area (Å²) in [6, 6.07) is 10.1. The Morgan fingerprint density at radius 1 is 1.11 bits per heavy atom. The first kappa shape index (κ1) is 20.8. The van der Waals surface area contributed by atoms with Crippen LogP contribution in [-0.4, -0.2) is 38.0 Å². The largest absolute Gasteiger partial charge is 0.465 e. The highest BCUT2D eigenvalue weighted by atomic mass is 19.3. The molecule has 28 heavy (non-hydrogen) atoms. The SMILES string of the molecule is COC(=O)c1ccc(C)c(NC(=O)CNC(=O)c2ccccc2OC(F)F)c1. The Bertz CT molecular complexity index is 886. The van der Waals surface area contributed by atoms with Crippen molar-refractivity contribution >= 4 is 23.5 Å². The number of rotatable bonds is 7. The van der Waals surface area contributed by atoms with E-state index in [2.05, 4.69) is 20.1 Å². The fraction of sp³-hybridized carbons (Fsp3) is 0.211. The first-order valence-corrected chi connectivity index (χ1v) is 8.12. The second kappa shape index (κ2) is 9.45. The molecule has 0 aliphatic carbocycles. The van der Waals surface area contributed by atoms with Gasteiger partial charge in [0, 0.05) is 5.69 Å². The van der Waals surface area contributed by atoms with Crippen molar-refractivity contribution in [2.45, 2.75) is 13.5 Å². The third kappa shape index (κ3) is 5.50. The summed E-state index contributed by atoms with van der Waals surface area (Å²) in [7, 11) is 1.24. The van der Waals surface area contributed by atoms with E-state index in [4.69, 9.17) is 0 Å². The Morgan fingerprint density at radius 3 is 2.50 bits per heavy atom. The molecular weight excluding hydrogens is 374 g/mol. The van der Waals surface area contributed by atoms with Gasteiger partial charge in [0.05, 0.1) is 24.8 Å².